The van der Waals surface area contributed by atoms with Crippen LogP contribution in [0.4, 0.5) is 22.7 Å². The molecular weight excluding hydrogens is 308 g/mol. The first-order valence-corrected chi connectivity index (χ1v) is 7.85. The summed E-state index contributed by atoms with van der Waals surface area (Å²) in [5.41, 5.74) is 4.14. The van der Waals surface area contributed by atoms with E-state index in [0.717, 1.165) is 28.3 Å². The van der Waals surface area contributed by atoms with E-state index in [4.69, 9.17) is 0 Å². The summed E-state index contributed by atoms with van der Waals surface area (Å²) >= 11 is 0. The van der Waals surface area contributed by atoms with E-state index in [2.05, 4.69) is 32.0 Å². The number of aryl methyl sites for hydroxylation is 1. The van der Waals surface area contributed by atoms with Crippen molar-refractivity contribution in [3.63, 3.8) is 0 Å². The Labute approximate surface area is 146 Å². The number of hydrogen-bond donors (Lipinski definition) is 0. The summed E-state index contributed by atoms with van der Waals surface area (Å²) in [6.45, 7) is 1.98. The molecule has 25 heavy (non-hydrogen) atoms. The van der Waals surface area contributed by atoms with Crippen molar-refractivity contribution in [2.24, 2.45) is 20.0 Å². The van der Waals surface area contributed by atoms with Crippen LogP contribution in [0, 0.1) is 6.92 Å². The van der Waals surface area contributed by atoms with Crippen molar-refractivity contribution < 1.29 is 0 Å². The van der Waals surface area contributed by atoms with E-state index in [1.54, 1.807) is 0 Å². The first-order chi connectivity index (χ1) is 12.3. The van der Waals surface area contributed by atoms with Gasteiger partial charge in [0.05, 0.1) is 22.7 Å². The Morgan fingerprint density at radius 2 is 1.08 bits per heavy atom. The standard InChI is InChI=1S/C21H16N4/c1-17-12-13-20(24-15-22-18-8-4-2-5-9-18)14-21(17)25-16-23-19-10-6-3-7-11-19/h2-14H,1H3. The molecule has 3 aromatic carbocycles. The molecule has 120 valence electrons. The SMILES string of the molecule is Cc1ccc(N=C=Nc2ccccc2)cc1N=C=Nc1ccccc1. The molecule has 0 saturated heterocycles. The number of benzene rings is 3. The Hall–Kier alpha value is -3.58. The maximum Gasteiger partial charge on any atom is 0.100 e. The van der Waals surface area contributed by atoms with Crippen molar-refractivity contribution in [2.75, 3.05) is 0 Å². The fraction of sp³-hybridized carbons (Fsp3) is 0.0476. The van der Waals surface area contributed by atoms with Gasteiger partial charge in [-0.05, 0) is 48.9 Å². The summed E-state index contributed by atoms with van der Waals surface area (Å²) in [6.07, 6.45) is 0. The second-order valence-corrected chi connectivity index (χ2v) is 5.29. The zero-order valence-electron chi connectivity index (χ0n) is 13.8. The van der Waals surface area contributed by atoms with Crippen molar-refractivity contribution in [1.82, 2.24) is 0 Å². The molecule has 0 N–H and O–H groups in total. The lowest BCUT2D eigenvalue weighted by atomic mass is 10.2. The fourth-order valence-corrected chi connectivity index (χ4v) is 2.07. The first kappa shape index (κ1) is 16.3. The minimum Gasteiger partial charge on any atom is -0.188 e. The Balaban J connectivity index is 1.81. The third-order valence-corrected chi connectivity index (χ3v) is 3.41. The molecule has 3 aromatic rings. The summed E-state index contributed by atoms with van der Waals surface area (Å²) in [5.74, 6) is 0. The molecule has 0 bridgehead atoms. The number of nitrogens with zero attached hydrogens (tertiary/aromatic N) is 4. The third kappa shape index (κ3) is 4.95. The second kappa shape index (κ2) is 8.32. The molecule has 0 aliphatic heterocycles. The van der Waals surface area contributed by atoms with Gasteiger partial charge in [-0.25, -0.2) is 0 Å². The predicted octanol–water partition coefficient (Wildman–Crippen LogP) is 6.27. The highest BCUT2D eigenvalue weighted by molar-refractivity contribution is 5.65. The molecule has 0 spiro atoms. The van der Waals surface area contributed by atoms with Crippen LogP contribution in [-0.4, -0.2) is 12.0 Å². The number of rotatable bonds is 4. The minimum atomic E-state index is 0.727. The molecule has 4 heteroatoms. The van der Waals surface area contributed by atoms with Crippen LogP contribution in [-0.2, 0) is 0 Å². The second-order valence-electron chi connectivity index (χ2n) is 5.29. The molecule has 0 saturated carbocycles. The van der Waals surface area contributed by atoms with Crippen LogP contribution in [0.3, 0.4) is 0 Å². The van der Waals surface area contributed by atoms with Gasteiger partial charge in [-0.15, -0.1) is 0 Å². The molecule has 0 radical (unpaired) electrons. The van der Waals surface area contributed by atoms with Gasteiger partial charge in [0.25, 0.3) is 0 Å². The molecular formula is C21H16N4. The van der Waals surface area contributed by atoms with Gasteiger partial charge in [0.2, 0.25) is 0 Å². The highest BCUT2D eigenvalue weighted by Gasteiger charge is 1.97. The molecule has 0 fully saturated rings. The zero-order chi connectivity index (χ0) is 17.3. The van der Waals surface area contributed by atoms with E-state index in [0.29, 0.717) is 0 Å². The number of para-hydroxylation sites is 2. The van der Waals surface area contributed by atoms with Gasteiger partial charge in [-0.2, -0.15) is 20.0 Å². The monoisotopic (exact) mass is 324 g/mol. The normalized spacial score (nSPS) is 9.48. The van der Waals surface area contributed by atoms with Crippen molar-refractivity contribution in [3.8, 4) is 0 Å². The molecule has 4 nitrogen and oxygen atoms in total. The Morgan fingerprint density at radius 1 is 0.560 bits per heavy atom. The van der Waals surface area contributed by atoms with E-state index < -0.39 is 0 Å². The van der Waals surface area contributed by atoms with E-state index in [1.807, 2.05) is 85.8 Å². The third-order valence-electron chi connectivity index (χ3n) is 3.41. The van der Waals surface area contributed by atoms with Gasteiger partial charge in [0.1, 0.15) is 12.0 Å². The molecule has 0 aromatic heterocycles. The van der Waals surface area contributed by atoms with Crippen LogP contribution in [0.5, 0.6) is 0 Å². The molecule has 0 amide bonds. The van der Waals surface area contributed by atoms with Gasteiger partial charge >= 0.3 is 0 Å². The smallest absolute Gasteiger partial charge is 0.100 e. The molecule has 0 atom stereocenters. The van der Waals surface area contributed by atoms with Gasteiger partial charge < -0.3 is 0 Å². The number of aliphatic imine (C=N–C) groups is 4. The van der Waals surface area contributed by atoms with Crippen LogP contribution in [0.15, 0.2) is 98.8 Å². The summed E-state index contributed by atoms with van der Waals surface area (Å²) in [6, 6.07) is 30.3. The van der Waals surface area contributed by atoms with Crippen LogP contribution in [0.25, 0.3) is 0 Å². The fourth-order valence-electron chi connectivity index (χ4n) is 2.07. The van der Waals surface area contributed by atoms with Gasteiger partial charge in [-0.3, -0.25) is 0 Å². The zero-order valence-corrected chi connectivity index (χ0v) is 13.8. The maximum atomic E-state index is 4.29. The lowest BCUT2D eigenvalue weighted by Crippen LogP contribution is -1.74. The van der Waals surface area contributed by atoms with Crippen LogP contribution in [0.2, 0.25) is 0 Å². The van der Waals surface area contributed by atoms with Crippen LogP contribution >= 0.6 is 0 Å². The average Bonchev–Trinajstić information content (AvgIpc) is 2.66. The largest absolute Gasteiger partial charge is 0.188 e. The molecule has 0 heterocycles. The summed E-state index contributed by atoms with van der Waals surface area (Å²) in [7, 11) is 0. The lowest BCUT2D eigenvalue weighted by Gasteiger charge is -1.98. The highest BCUT2D eigenvalue weighted by Crippen LogP contribution is 2.24. The molecule has 0 aliphatic rings. The van der Waals surface area contributed by atoms with E-state index in [-0.39, 0.29) is 0 Å². The summed E-state index contributed by atoms with van der Waals surface area (Å²) in [5, 5.41) is 0. The van der Waals surface area contributed by atoms with Crippen molar-refractivity contribution in [2.45, 2.75) is 6.92 Å². The maximum absolute atomic E-state index is 4.29. The van der Waals surface area contributed by atoms with Crippen LogP contribution in [0.1, 0.15) is 5.56 Å². The van der Waals surface area contributed by atoms with Crippen molar-refractivity contribution >= 4 is 34.8 Å². The Morgan fingerprint density at radius 3 is 1.68 bits per heavy atom. The summed E-state index contributed by atoms with van der Waals surface area (Å²) in [4.78, 5) is 16.9. The molecule has 3 rings (SSSR count). The highest BCUT2D eigenvalue weighted by atomic mass is 14.8. The summed E-state index contributed by atoms with van der Waals surface area (Å²) < 4.78 is 0. The topological polar surface area (TPSA) is 49.4 Å². The van der Waals surface area contributed by atoms with E-state index >= 15 is 0 Å². The van der Waals surface area contributed by atoms with Crippen molar-refractivity contribution in [3.05, 3.63) is 84.4 Å². The van der Waals surface area contributed by atoms with Gasteiger partial charge in [-0.1, -0.05) is 42.5 Å². The van der Waals surface area contributed by atoms with Crippen LogP contribution < -0.4 is 0 Å². The lowest BCUT2D eigenvalue weighted by molar-refractivity contribution is 1.38. The first-order valence-electron chi connectivity index (χ1n) is 7.85. The van der Waals surface area contributed by atoms with Gasteiger partial charge in [0, 0.05) is 0 Å². The minimum absolute atomic E-state index is 0.727. The molecule has 0 unspecified atom stereocenters. The average molecular weight is 324 g/mol. The Kier molecular flexibility index (Phi) is 5.42. The van der Waals surface area contributed by atoms with E-state index in [1.165, 1.54) is 0 Å². The Bertz CT molecular complexity index is 963. The van der Waals surface area contributed by atoms with E-state index in [9.17, 15) is 0 Å². The predicted molar refractivity (Wildman–Crippen MR) is 102 cm³/mol. The quantitative estimate of drug-likeness (QED) is 0.508. The van der Waals surface area contributed by atoms with Crippen molar-refractivity contribution in [1.29, 1.82) is 0 Å². The molecule has 0 aliphatic carbocycles. The number of hydrogen-bond acceptors (Lipinski definition) is 4. The van der Waals surface area contributed by atoms with Gasteiger partial charge in [0.15, 0.2) is 0 Å².